The Bertz CT molecular complexity index is 1040. The molecule has 0 atom stereocenters. The number of amides is 1. The summed E-state index contributed by atoms with van der Waals surface area (Å²) in [5.74, 6) is 1.00. The van der Waals surface area contributed by atoms with E-state index in [0.717, 1.165) is 11.4 Å². The molecule has 3 rings (SSSR count). The van der Waals surface area contributed by atoms with E-state index in [0.29, 0.717) is 17.3 Å². The Kier molecular flexibility index (Phi) is 7.50. The molecule has 3 aromatic rings. The first kappa shape index (κ1) is 22.2. The van der Waals surface area contributed by atoms with Crippen LogP contribution in [0.4, 0.5) is 0 Å². The van der Waals surface area contributed by atoms with Crippen LogP contribution in [0.15, 0.2) is 52.7 Å². The van der Waals surface area contributed by atoms with Gasteiger partial charge in [0.15, 0.2) is 22.5 Å². The minimum atomic E-state index is -0.286. The predicted octanol–water partition coefficient (Wildman–Crippen LogP) is 2.93. The summed E-state index contributed by atoms with van der Waals surface area (Å²) in [6, 6.07) is 12.9. The third kappa shape index (κ3) is 5.34. The van der Waals surface area contributed by atoms with Crippen LogP contribution in [0.25, 0.3) is 11.4 Å². The molecule has 0 fully saturated rings. The molecule has 0 bridgehead atoms. The smallest absolute Gasteiger partial charge is 0.250 e. The van der Waals surface area contributed by atoms with Gasteiger partial charge in [0.25, 0.3) is 5.91 Å². The van der Waals surface area contributed by atoms with Crippen LogP contribution >= 0.6 is 11.8 Å². The van der Waals surface area contributed by atoms with Gasteiger partial charge in [-0.05, 0) is 19.1 Å². The molecule has 0 saturated heterocycles. The summed E-state index contributed by atoms with van der Waals surface area (Å²) in [7, 11) is 2.87. The van der Waals surface area contributed by atoms with Crippen LogP contribution in [0.2, 0.25) is 0 Å². The number of thioether (sulfide) groups is 1. The summed E-state index contributed by atoms with van der Waals surface area (Å²) < 4.78 is 12.2. The van der Waals surface area contributed by atoms with E-state index in [4.69, 9.17) is 9.47 Å². The van der Waals surface area contributed by atoms with Crippen LogP contribution in [0, 0.1) is 0 Å². The molecule has 0 radical (unpaired) electrons. The molecule has 0 spiro atoms. The van der Waals surface area contributed by atoms with Gasteiger partial charge in [-0.15, -0.1) is 10.2 Å². The molecule has 31 heavy (non-hydrogen) atoms. The lowest BCUT2D eigenvalue weighted by Gasteiger charge is -2.09. The fourth-order valence-corrected chi connectivity index (χ4v) is 3.61. The number of methoxy groups -OCH3 is 2. The van der Waals surface area contributed by atoms with E-state index in [1.165, 1.54) is 32.2 Å². The number of hydrogen-bond acceptors (Lipinski definition) is 8. The zero-order chi connectivity index (χ0) is 22.2. The highest BCUT2D eigenvalue weighted by molar-refractivity contribution is 7.99. The lowest BCUT2D eigenvalue weighted by atomic mass is 10.2. The summed E-state index contributed by atoms with van der Waals surface area (Å²) >= 11 is 1.29. The molecular formula is C21H23N5O4S. The highest BCUT2D eigenvalue weighted by atomic mass is 32.2. The van der Waals surface area contributed by atoms with Crippen molar-refractivity contribution >= 4 is 23.9 Å². The Labute approximate surface area is 184 Å². The van der Waals surface area contributed by atoms with Crippen molar-refractivity contribution in [3.63, 3.8) is 0 Å². The van der Waals surface area contributed by atoms with E-state index in [9.17, 15) is 9.90 Å². The number of aromatic hydroxyl groups is 1. The molecule has 10 heteroatoms. The molecule has 0 aliphatic carbocycles. The van der Waals surface area contributed by atoms with E-state index < -0.39 is 0 Å². The molecule has 1 heterocycles. The van der Waals surface area contributed by atoms with Crippen LogP contribution in [0.5, 0.6) is 17.2 Å². The summed E-state index contributed by atoms with van der Waals surface area (Å²) in [6.07, 6.45) is 1.44. The van der Waals surface area contributed by atoms with Gasteiger partial charge in [-0.3, -0.25) is 4.79 Å². The Balaban J connectivity index is 1.61. The average molecular weight is 442 g/mol. The largest absolute Gasteiger partial charge is 0.502 e. The van der Waals surface area contributed by atoms with Gasteiger partial charge in [0, 0.05) is 17.7 Å². The zero-order valence-electron chi connectivity index (χ0n) is 17.4. The van der Waals surface area contributed by atoms with E-state index in [1.807, 2.05) is 41.8 Å². The molecule has 2 aromatic carbocycles. The van der Waals surface area contributed by atoms with Gasteiger partial charge in [-0.1, -0.05) is 42.1 Å². The van der Waals surface area contributed by atoms with Crippen molar-refractivity contribution in [3.8, 4) is 28.6 Å². The van der Waals surface area contributed by atoms with Crippen molar-refractivity contribution in [1.29, 1.82) is 0 Å². The lowest BCUT2D eigenvalue weighted by molar-refractivity contribution is -0.118. The second-order valence-electron chi connectivity index (χ2n) is 6.27. The van der Waals surface area contributed by atoms with Crippen molar-refractivity contribution in [2.45, 2.75) is 18.6 Å². The number of nitrogens with zero attached hydrogens (tertiary/aromatic N) is 4. The third-order valence-corrected chi connectivity index (χ3v) is 5.27. The number of carbonyl (C=O) groups excluding carboxylic acids is 1. The molecule has 1 aromatic heterocycles. The van der Waals surface area contributed by atoms with Crippen molar-refractivity contribution in [3.05, 3.63) is 48.0 Å². The number of nitrogens with one attached hydrogen (secondary N) is 1. The first-order chi connectivity index (χ1) is 15.1. The second-order valence-corrected chi connectivity index (χ2v) is 7.21. The van der Waals surface area contributed by atoms with Crippen LogP contribution < -0.4 is 14.9 Å². The number of aromatic nitrogens is 3. The Morgan fingerprint density at radius 2 is 1.87 bits per heavy atom. The Morgan fingerprint density at radius 1 is 1.19 bits per heavy atom. The lowest BCUT2D eigenvalue weighted by Crippen LogP contribution is -2.20. The van der Waals surface area contributed by atoms with Crippen molar-refractivity contribution in [1.82, 2.24) is 20.2 Å². The molecule has 9 nitrogen and oxygen atoms in total. The minimum Gasteiger partial charge on any atom is -0.502 e. The summed E-state index contributed by atoms with van der Waals surface area (Å²) in [4.78, 5) is 12.2. The summed E-state index contributed by atoms with van der Waals surface area (Å²) in [5.41, 5.74) is 4.04. The molecule has 162 valence electrons. The van der Waals surface area contributed by atoms with Gasteiger partial charge >= 0.3 is 0 Å². The number of phenolic OH excluding ortho intramolecular Hbond substituents is 1. The normalized spacial score (nSPS) is 10.9. The van der Waals surface area contributed by atoms with Crippen LogP contribution in [0.1, 0.15) is 12.5 Å². The number of carbonyl (C=O) groups is 1. The Hall–Kier alpha value is -3.53. The molecular weight excluding hydrogens is 418 g/mol. The standard InChI is InChI=1S/C21H23N5O4S/c1-4-26-20(15-8-6-5-7-9-15)24-25-21(26)31-13-18(27)23-22-12-14-10-16(29-2)19(28)17(11-14)30-3/h5-12,28H,4,13H2,1-3H3,(H,23,27)/b22-12+. The summed E-state index contributed by atoms with van der Waals surface area (Å²) in [5, 5.41) is 23.0. The zero-order valence-corrected chi connectivity index (χ0v) is 18.2. The topological polar surface area (TPSA) is 111 Å². The molecule has 0 saturated carbocycles. The van der Waals surface area contributed by atoms with Gasteiger partial charge in [0.05, 0.1) is 26.2 Å². The molecule has 2 N–H and O–H groups in total. The summed E-state index contributed by atoms with van der Waals surface area (Å²) in [6.45, 7) is 2.69. The second kappa shape index (κ2) is 10.5. The minimum absolute atomic E-state index is 0.0995. The molecule has 0 aliphatic rings. The van der Waals surface area contributed by atoms with Crippen LogP contribution in [-0.2, 0) is 11.3 Å². The maximum atomic E-state index is 12.2. The number of benzene rings is 2. The fourth-order valence-electron chi connectivity index (χ4n) is 2.81. The van der Waals surface area contributed by atoms with Gasteiger partial charge in [-0.25, -0.2) is 5.43 Å². The van der Waals surface area contributed by atoms with E-state index in [1.54, 1.807) is 12.1 Å². The molecule has 0 unspecified atom stereocenters. The highest BCUT2D eigenvalue weighted by Crippen LogP contribution is 2.36. The number of rotatable bonds is 9. The van der Waals surface area contributed by atoms with Crippen molar-refractivity contribution < 1.29 is 19.4 Å². The Morgan fingerprint density at radius 3 is 2.48 bits per heavy atom. The predicted molar refractivity (Wildman–Crippen MR) is 119 cm³/mol. The number of phenols is 1. The third-order valence-electron chi connectivity index (χ3n) is 4.30. The molecule has 1 amide bonds. The fraction of sp³-hybridized carbons (Fsp3) is 0.238. The van der Waals surface area contributed by atoms with Crippen molar-refractivity contribution in [2.75, 3.05) is 20.0 Å². The number of ether oxygens (including phenoxy) is 2. The van der Waals surface area contributed by atoms with Crippen molar-refractivity contribution in [2.24, 2.45) is 5.10 Å². The van der Waals surface area contributed by atoms with Gasteiger partial charge in [0.2, 0.25) is 5.75 Å². The van der Waals surface area contributed by atoms with E-state index in [-0.39, 0.29) is 28.9 Å². The average Bonchev–Trinajstić information content (AvgIpc) is 3.22. The SMILES string of the molecule is CCn1c(SCC(=O)N/N=C/c2cc(OC)c(O)c(OC)c2)nnc1-c1ccccc1. The van der Waals surface area contributed by atoms with Crippen LogP contribution in [0.3, 0.4) is 0 Å². The van der Waals surface area contributed by atoms with Gasteiger partial charge in [-0.2, -0.15) is 5.10 Å². The maximum Gasteiger partial charge on any atom is 0.250 e. The highest BCUT2D eigenvalue weighted by Gasteiger charge is 2.14. The van der Waals surface area contributed by atoms with Crippen LogP contribution in [-0.4, -0.2) is 52.0 Å². The number of hydrazone groups is 1. The van der Waals surface area contributed by atoms with Gasteiger partial charge < -0.3 is 19.1 Å². The van der Waals surface area contributed by atoms with E-state index in [2.05, 4.69) is 20.7 Å². The quantitative estimate of drug-likeness (QED) is 0.298. The van der Waals surface area contributed by atoms with E-state index >= 15 is 0 Å². The van der Waals surface area contributed by atoms with Gasteiger partial charge in [0.1, 0.15) is 0 Å². The molecule has 0 aliphatic heterocycles. The number of hydrogen-bond donors (Lipinski definition) is 2. The first-order valence-electron chi connectivity index (χ1n) is 9.45. The maximum absolute atomic E-state index is 12.2. The monoisotopic (exact) mass is 441 g/mol. The first-order valence-corrected chi connectivity index (χ1v) is 10.4.